The van der Waals surface area contributed by atoms with Crippen molar-refractivity contribution < 1.29 is 18.7 Å². The number of likely N-dealkylation sites (tertiary alicyclic amines) is 1. The van der Waals surface area contributed by atoms with Crippen LogP contribution in [-0.4, -0.2) is 83.4 Å². The van der Waals surface area contributed by atoms with Crippen LogP contribution in [0.25, 0.3) is 0 Å². The van der Waals surface area contributed by atoms with Gasteiger partial charge in [0.2, 0.25) is 0 Å². The highest BCUT2D eigenvalue weighted by Gasteiger charge is 2.47. The lowest BCUT2D eigenvalue weighted by Gasteiger charge is -2.43. The highest BCUT2D eigenvalue weighted by Crippen LogP contribution is 2.46. The zero-order chi connectivity index (χ0) is 29.4. The summed E-state index contributed by atoms with van der Waals surface area (Å²) in [5, 5.41) is 9.47. The Morgan fingerprint density at radius 1 is 1.17 bits per heavy atom. The normalized spacial score (nSPS) is 25.6. The molecule has 2 aliphatic carbocycles. The Kier molecular flexibility index (Phi) is 7.71. The molecule has 0 radical (unpaired) electrons. The van der Waals surface area contributed by atoms with Gasteiger partial charge in [-0.15, -0.1) is 0 Å². The van der Waals surface area contributed by atoms with Crippen molar-refractivity contribution in [2.24, 2.45) is 5.41 Å². The van der Waals surface area contributed by atoms with Crippen LogP contribution in [0.4, 0.5) is 10.2 Å². The summed E-state index contributed by atoms with van der Waals surface area (Å²) in [7, 11) is 2.08. The third kappa shape index (κ3) is 5.15. The van der Waals surface area contributed by atoms with E-state index in [2.05, 4.69) is 42.8 Å². The molecule has 10 heteroatoms. The number of Topliss-reactive ketones (excluding diaryl/α,β-unsaturated/α-hetero) is 1. The first-order valence-corrected chi connectivity index (χ1v) is 14.9. The summed E-state index contributed by atoms with van der Waals surface area (Å²) >= 11 is 0. The number of amides is 1. The Hall–Kier alpha value is -3.84. The van der Waals surface area contributed by atoms with Crippen LogP contribution in [0.15, 0.2) is 36.7 Å². The predicted molar refractivity (Wildman–Crippen MR) is 155 cm³/mol. The number of hydrogen-bond donors (Lipinski definition) is 0. The number of anilines is 1. The van der Waals surface area contributed by atoms with Gasteiger partial charge in [0, 0.05) is 36.7 Å². The van der Waals surface area contributed by atoms with Gasteiger partial charge >= 0.3 is 6.01 Å². The van der Waals surface area contributed by atoms with Crippen molar-refractivity contribution in [3.05, 3.63) is 59.1 Å². The van der Waals surface area contributed by atoms with Crippen molar-refractivity contribution in [2.45, 2.75) is 63.5 Å². The summed E-state index contributed by atoms with van der Waals surface area (Å²) in [6, 6.07) is 10.4. The number of carbonyl (C=O) groups is 2. The molecule has 0 saturated carbocycles. The van der Waals surface area contributed by atoms with E-state index in [1.807, 2.05) is 11.0 Å². The maximum absolute atomic E-state index is 14.4. The topological polar surface area (TPSA) is 103 Å². The number of piperazine rings is 1. The van der Waals surface area contributed by atoms with Gasteiger partial charge in [-0.25, -0.2) is 4.39 Å². The van der Waals surface area contributed by atoms with Crippen LogP contribution >= 0.6 is 0 Å². The van der Waals surface area contributed by atoms with E-state index < -0.39 is 23.2 Å². The van der Waals surface area contributed by atoms with Gasteiger partial charge in [-0.05, 0) is 69.7 Å². The molecule has 220 valence electrons. The number of nitrogens with zero attached hydrogens (tertiary/aromatic N) is 6. The van der Waals surface area contributed by atoms with Gasteiger partial charge in [0.05, 0.1) is 18.5 Å². The zero-order valence-electron chi connectivity index (χ0n) is 24.1. The largest absolute Gasteiger partial charge is 0.462 e. The minimum Gasteiger partial charge on any atom is -0.462 e. The van der Waals surface area contributed by atoms with E-state index in [9.17, 15) is 19.2 Å². The fourth-order valence-electron chi connectivity index (χ4n) is 7.24. The van der Waals surface area contributed by atoms with E-state index in [0.29, 0.717) is 43.9 Å². The number of nitriles is 1. The van der Waals surface area contributed by atoms with Crippen molar-refractivity contribution in [3.63, 3.8) is 0 Å². The van der Waals surface area contributed by atoms with Crippen LogP contribution in [0.1, 0.15) is 59.3 Å². The number of fused-ring (bicyclic) bond motifs is 2. The molecule has 1 aromatic heterocycles. The average molecular weight is 573 g/mol. The van der Waals surface area contributed by atoms with Crippen LogP contribution < -0.4 is 9.64 Å². The number of ether oxygens (including phenoxy) is 1. The second-order valence-electron chi connectivity index (χ2n) is 12.2. The van der Waals surface area contributed by atoms with E-state index in [-0.39, 0.29) is 37.3 Å². The third-order valence-corrected chi connectivity index (χ3v) is 9.71. The second kappa shape index (κ2) is 11.4. The van der Waals surface area contributed by atoms with Crippen molar-refractivity contribution in [1.29, 1.82) is 5.26 Å². The first kappa shape index (κ1) is 28.3. The summed E-state index contributed by atoms with van der Waals surface area (Å²) in [5.41, 5.74) is 3.24. The molecule has 9 nitrogen and oxygen atoms in total. The monoisotopic (exact) mass is 572 g/mol. The summed E-state index contributed by atoms with van der Waals surface area (Å²) in [6.45, 7) is 5.48. The number of ketones is 1. The number of likely N-dealkylation sites (N-methyl/N-ethyl adjacent to an activating group) is 1. The highest BCUT2D eigenvalue weighted by molar-refractivity contribution is 6.02. The fraction of sp³-hybridized carbons (Fsp3) is 0.531. The Morgan fingerprint density at radius 3 is 2.69 bits per heavy atom. The number of rotatable bonds is 6. The molecule has 3 atom stereocenters. The van der Waals surface area contributed by atoms with Gasteiger partial charge < -0.3 is 19.4 Å². The first-order chi connectivity index (χ1) is 20.3. The van der Waals surface area contributed by atoms with Gasteiger partial charge in [0.15, 0.2) is 11.6 Å². The van der Waals surface area contributed by atoms with Crippen molar-refractivity contribution >= 4 is 17.5 Å². The molecule has 0 bridgehead atoms. The molecule has 1 aromatic carbocycles. The van der Waals surface area contributed by atoms with Crippen molar-refractivity contribution in [2.75, 3.05) is 44.7 Å². The molecule has 3 heterocycles. The molecular weight excluding hydrogens is 535 g/mol. The minimum atomic E-state index is -1.04. The van der Waals surface area contributed by atoms with Gasteiger partial charge in [-0.2, -0.15) is 15.2 Å². The Bertz CT molecular complexity index is 1460. The SMILES string of the molecule is C=C(F)C(=O)N1CCN(c2nc(OCC3CCCN3C)nc3c2CCC2(CCc4ccccc4C2)C3=O)CC1CC#N. The molecule has 2 fully saturated rings. The van der Waals surface area contributed by atoms with Gasteiger partial charge in [0.1, 0.15) is 18.1 Å². The molecule has 6 rings (SSSR count). The van der Waals surface area contributed by atoms with E-state index in [0.717, 1.165) is 37.8 Å². The summed E-state index contributed by atoms with van der Waals surface area (Å²) < 4.78 is 20.0. The number of aromatic nitrogens is 2. The lowest BCUT2D eigenvalue weighted by atomic mass is 9.63. The fourth-order valence-corrected chi connectivity index (χ4v) is 7.24. The number of halogens is 1. The van der Waals surface area contributed by atoms with Crippen LogP contribution in [0, 0.1) is 16.7 Å². The number of aryl methyl sites for hydroxylation is 1. The Labute approximate surface area is 246 Å². The van der Waals surface area contributed by atoms with Gasteiger partial charge in [-0.1, -0.05) is 30.8 Å². The molecule has 3 unspecified atom stereocenters. The summed E-state index contributed by atoms with van der Waals surface area (Å²) in [5.74, 6) is -1.17. The van der Waals surface area contributed by atoms with Crippen LogP contribution in [-0.2, 0) is 24.1 Å². The molecule has 2 aromatic rings. The maximum atomic E-state index is 14.4. The second-order valence-corrected chi connectivity index (χ2v) is 12.2. The van der Waals surface area contributed by atoms with Crippen LogP contribution in [0.5, 0.6) is 6.01 Å². The Morgan fingerprint density at radius 2 is 1.95 bits per heavy atom. The molecule has 1 spiro atoms. The third-order valence-electron chi connectivity index (χ3n) is 9.71. The summed E-state index contributed by atoms with van der Waals surface area (Å²) in [6.07, 6.45) is 5.87. The molecule has 42 heavy (non-hydrogen) atoms. The molecule has 2 aliphatic heterocycles. The molecule has 1 amide bonds. The molecular formula is C32H37FN6O3. The maximum Gasteiger partial charge on any atom is 0.319 e. The lowest BCUT2D eigenvalue weighted by molar-refractivity contribution is -0.131. The van der Waals surface area contributed by atoms with Crippen molar-refractivity contribution in [3.8, 4) is 12.1 Å². The standard InChI is InChI=1S/C32H37FN6O3/c1-21(33)30(41)39-17-16-38(19-24(39)11-14-34)29-26-10-13-32(12-9-22-6-3-4-7-23(22)18-32)28(40)27(26)35-31(36-29)42-20-25-8-5-15-37(25)2/h3-4,6-7,24-25H,1,5,8-13,15-20H2,2H3. The highest BCUT2D eigenvalue weighted by atomic mass is 19.1. The van der Waals surface area contributed by atoms with Gasteiger partial charge in [0.25, 0.3) is 5.91 Å². The quantitative estimate of drug-likeness (QED) is 0.484. The smallest absolute Gasteiger partial charge is 0.319 e. The average Bonchev–Trinajstić information content (AvgIpc) is 3.42. The first-order valence-electron chi connectivity index (χ1n) is 14.9. The van der Waals surface area contributed by atoms with E-state index >= 15 is 0 Å². The number of benzene rings is 1. The van der Waals surface area contributed by atoms with E-state index in [1.54, 1.807) is 0 Å². The minimum absolute atomic E-state index is 0.0425. The van der Waals surface area contributed by atoms with Crippen molar-refractivity contribution in [1.82, 2.24) is 19.8 Å². The molecule has 0 N–H and O–H groups in total. The van der Waals surface area contributed by atoms with Crippen LogP contribution in [0.3, 0.4) is 0 Å². The van der Waals surface area contributed by atoms with Gasteiger partial charge in [-0.3, -0.25) is 9.59 Å². The summed E-state index contributed by atoms with van der Waals surface area (Å²) in [4.78, 5) is 42.1. The molecule has 2 saturated heterocycles. The lowest BCUT2D eigenvalue weighted by Crippen LogP contribution is -2.56. The van der Waals surface area contributed by atoms with Crippen LogP contribution in [0.2, 0.25) is 0 Å². The molecule has 4 aliphatic rings. The van der Waals surface area contributed by atoms with E-state index in [1.165, 1.54) is 16.0 Å². The Balaban J connectivity index is 1.34. The number of carbonyl (C=O) groups excluding carboxylic acids is 2. The zero-order valence-corrected chi connectivity index (χ0v) is 24.1. The van der Waals surface area contributed by atoms with E-state index in [4.69, 9.17) is 14.7 Å². The number of hydrogen-bond acceptors (Lipinski definition) is 8. The predicted octanol–water partition coefficient (Wildman–Crippen LogP) is 3.67.